The standard InChI is InChI=1S/C10H8FNO2/c1-6-2-7-3-8(11)4-12-10(7)14-5-9(6)13/h2-4H,5H2,1H3. The van der Waals surface area contributed by atoms with Crippen LogP contribution in [0.1, 0.15) is 12.5 Å². The first-order valence-electron chi connectivity index (χ1n) is 4.16. The average molecular weight is 193 g/mol. The molecule has 3 nitrogen and oxygen atoms in total. The maximum absolute atomic E-state index is 12.8. The van der Waals surface area contributed by atoms with E-state index in [0.717, 1.165) is 6.20 Å². The highest BCUT2D eigenvalue weighted by Gasteiger charge is 2.14. The van der Waals surface area contributed by atoms with Crippen LogP contribution in [0, 0.1) is 5.82 Å². The number of ether oxygens (including phenoxy) is 1. The van der Waals surface area contributed by atoms with E-state index >= 15 is 0 Å². The van der Waals surface area contributed by atoms with E-state index < -0.39 is 5.82 Å². The summed E-state index contributed by atoms with van der Waals surface area (Å²) in [5.74, 6) is -0.245. The number of fused-ring (bicyclic) bond motifs is 1. The van der Waals surface area contributed by atoms with E-state index in [1.165, 1.54) is 6.07 Å². The molecule has 2 rings (SSSR count). The highest BCUT2D eigenvalue weighted by molar-refractivity contribution is 6.00. The van der Waals surface area contributed by atoms with E-state index in [9.17, 15) is 9.18 Å². The Hall–Kier alpha value is -1.71. The summed E-state index contributed by atoms with van der Waals surface area (Å²) >= 11 is 0. The molecule has 1 aliphatic heterocycles. The molecule has 0 spiro atoms. The molecule has 0 N–H and O–H groups in total. The molecule has 4 heteroatoms. The van der Waals surface area contributed by atoms with Crippen molar-refractivity contribution in [3.63, 3.8) is 0 Å². The smallest absolute Gasteiger partial charge is 0.221 e. The zero-order valence-electron chi connectivity index (χ0n) is 7.58. The van der Waals surface area contributed by atoms with E-state index in [1.807, 2.05) is 0 Å². The monoisotopic (exact) mass is 193 g/mol. The van der Waals surface area contributed by atoms with Gasteiger partial charge in [0.15, 0.2) is 12.4 Å². The third-order valence-corrected chi connectivity index (χ3v) is 2.00. The summed E-state index contributed by atoms with van der Waals surface area (Å²) in [5.41, 5.74) is 1.06. The van der Waals surface area contributed by atoms with Gasteiger partial charge in [0.25, 0.3) is 0 Å². The minimum absolute atomic E-state index is 0.0338. The summed E-state index contributed by atoms with van der Waals surface area (Å²) < 4.78 is 17.9. The Morgan fingerprint density at radius 3 is 3.14 bits per heavy atom. The lowest BCUT2D eigenvalue weighted by atomic mass is 10.1. The van der Waals surface area contributed by atoms with Gasteiger partial charge in [-0.1, -0.05) is 0 Å². The largest absolute Gasteiger partial charge is 0.469 e. The Kier molecular flexibility index (Phi) is 2.04. The van der Waals surface area contributed by atoms with Gasteiger partial charge in [-0.25, -0.2) is 9.37 Å². The van der Waals surface area contributed by atoms with Crippen LogP contribution in [0.3, 0.4) is 0 Å². The molecule has 0 fully saturated rings. The molecule has 2 heterocycles. The molecule has 1 aromatic heterocycles. The van der Waals surface area contributed by atoms with E-state index in [4.69, 9.17) is 4.74 Å². The number of carbonyl (C=O) groups excluding carboxylic acids is 1. The minimum Gasteiger partial charge on any atom is -0.469 e. The van der Waals surface area contributed by atoms with E-state index in [2.05, 4.69) is 4.98 Å². The molecule has 0 bridgehead atoms. The number of hydrogen-bond acceptors (Lipinski definition) is 3. The first kappa shape index (κ1) is 8.87. The molecule has 14 heavy (non-hydrogen) atoms. The van der Waals surface area contributed by atoms with Crippen molar-refractivity contribution in [2.75, 3.05) is 6.61 Å². The SMILES string of the molecule is CC1=Cc2cc(F)cnc2OCC1=O. The van der Waals surface area contributed by atoms with Gasteiger partial charge >= 0.3 is 0 Å². The maximum Gasteiger partial charge on any atom is 0.221 e. The summed E-state index contributed by atoms with van der Waals surface area (Å²) in [7, 11) is 0. The van der Waals surface area contributed by atoms with Crippen LogP contribution < -0.4 is 4.74 Å². The number of nitrogens with zero attached hydrogens (tertiary/aromatic N) is 1. The maximum atomic E-state index is 12.8. The molecule has 1 aromatic rings. The molecule has 1 aliphatic rings. The zero-order valence-corrected chi connectivity index (χ0v) is 7.58. The third-order valence-electron chi connectivity index (χ3n) is 2.00. The molecule has 0 amide bonds. The van der Waals surface area contributed by atoms with Crippen molar-refractivity contribution in [1.82, 2.24) is 4.98 Å². The fourth-order valence-electron chi connectivity index (χ4n) is 1.23. The first-order valence-corrected chi connectivity index (χ1v) is 4.16. The number of ketones is 1. The molecule has 0 unspecified atom stereocenters. The number of carbonyl (C=O) groups is 1. The van der Waals surface area contributed by atoms with E-state index in [-0.39, 0.29) is 12.4 Å². The lowest BCUT2D eigenvalue weighted by Crippen LogP contribution is -2.10. The number of pyridine rings is 1. The second-order valence-corrected chi connectivity index (χ2v) is 3.09. The van der Waals surface area contributed by atoms with Crippen molar-refractivity contribution in [2.24, 2.45) is 0 Å². The van der Waals surface area contributed by atoms with E-state index in [0.29, 0.717) is 17.0 Å². The van der Waals surface area contributed by atoms with Crippen LogP contribution in [0.4, 0.5) is 4.39 Å². The van der Waals surface area contributed by atoms with Crippen molar-refractivity contribution in [1.29, 1.82) is 0 Å². The van der Waals surface area contributed by atoms with Crippen LogP contribution in [0.2, 0.25) is 0 Å². The second kappa shape index (κ2) is 3.21. The van der Waals surface area contributed by atoms with Crippen molar-refractivity contribution in [2.45, 2.75) is 6.92 Å². The Balaban J connectivity index is 2.53. The molecule has 0 saturated carbocycles. The first-order chi connectivity index (χ1) is 6.66. The minimum atomic E-state index is -0.439. The van der Waals surface area contributed by atoms with Crippen LogP contribution in [0.5, 0.6) is 5.88 Å². The van der Waals surface area contributed by atoms with Crippen LogP contribution >= 0.6 is 0 Å². The number of halogens is 1. The molecular weight excluding hydrogens is 185 g/mol. The van der Waals surface area contributed by atoms with Crippen LogP contribution in [0.25, 0.3) is 6.08 Å². The normalized spacial score (nSPS) is 15.3. The van der Waals surface area contributed by atoms with Crippen LogP contribution in [-0.4, -0.2) is 17.4 Å². The van der Waals surface area contributed by atoms with Gasteiger partial charge < -0.3 is 4.74 Å². The summed E-state index contributed by atoms with van der Waals surface area (Å²) in [4.78, 5) is 15.0. The fraction of sp³-hybridized carbons (Fsp3) is 0.200. The lowest BCUT2D eigenvalue weighted by molar-refractivity contribution is -0.117. The van der Waals surface area contributed by atoms with Crippen molar-refractivity contribution in [3.8, 4) is 5.88 Å². The Morgan fingerprint density at radius 2 is 2.36 bits per heavy atom. The highest BCUT2D eigenvalue weighted by Crippen LogP contribution is 2.22. The Morgan fingerprint density at radius 1 is 1.57 bits per heavy atom. The van der Waals surface area contributed by atoms with Gasteiger partial charge in [0.05, 0.1) is 6.20 Å². The van der Waals surface area contributed by atoms with Gasteiger partial charge in [0.1, 0.15) is 5.82 Å². The van der Waals surface area contributed by atoms with Gasteiger partial charge in [-0.15, -0.1) is 0 Å². The Labute approximate surface area is 80.2 Å². The van der Waals surface area contributed by atoms with Crippen molar-refractivity contribution < 1.29 is 13.9 Å². The number of hydrogen-bond donors (Lipinski definition) is 0. The quantitative estimate of drug-likeness (QED) is 0.628. The molecule has 0 aliphatic carbocycles. The van der Waals surface area contributed by atoms with Crippen molar-refractivity contribution in [3.05, 3.63) is 29.2 Å². The fourth-order valence-corrected chi connectivity index (χ4v) is 1.23. The van der Waals surface area contributed by atoms with Gasteiger partial charge in [-0.2, -0.15) is 0 Å². The van der Waals surface area contributed by atoms with Gasteiger partial charge in [-0.3, -0.25) is 4.79 Å². The molecule has 0 radical (unpaired) electrons. The molecular formula is C10H8FNO2. The average Bonchev–Trinajstić information content (AvgIpc) is 2.27. The van der Waals surface area contributed by atoms with E-state index in [1.54, 1.807) is 13.0 Å². The van der Waals surface area contributed by atoms with Crippen LogP contribution in [0.15, 0.2) is 17.8 Å². The molecule has 0 atom stereocenters. The third kappa shape index (κ3) is 1.51. The topological polar surface area (TPSA) is 39.2 Å². The van der Waals surface area contributed by atoms with Crippen molar-refractivity contribution >= 4 is 11.9 Å². The lowest BCUT2D eigenvalue weighted by Gasteiger charge is -2.02. The van der Waals surface area contributed by atoms with Gasteiger partial charge in [0, 0.05) is 5.56 Å². The molecule has 0 aromatic carbocycles. The van der Waals surface area contributed by atoms with Gasteiger partial charge in [0.2, 0.25) is 5.88 Å². The predicted molar refractivity (Wildman–Crippen MR) is 48.3 cm³/mol. The summed E-state index contributed by atoms with van der Waals surface area (Å²) in [6.45, 7) is 1.64. The Bertz CT molecular complexity index is 426. The predicted octanol–water partition coefficient (Wildman–Crippen LogP) is 1.59. The number of aromatic nitrogens is 1. The number of Topliss-reactive ketones (excluding diaryl/α,β-unsaturated/α-hetero) is 1. The van der Waals surface area contributed by atoms with Gasteiger partial charge in [-0.05, 0) is 24.6 Å². The molecule has 72 valence electrons. The summed E-state index contributed by atoms with van der Waals surface area (Å²) in [5, 5.41) is 0. The summed E-state index contributed by atoms with van der Waals surface area (Å²) in [6, 6.07) is 1.30. The summed E-state index contributed by atoms with van der Waals surface area (Å²) in [6.07, 6.45) is 2.65. The highest BCUT2D eigenvalue weighted by atomic mass is 19.1. The number of rotatable bonds is 0. The molecule has 0 saturated heterocycles. The second-order valence-electron chi connectivity index (χ2n) is 3.09. The zero-order chi connectivity index (χ0) is 10.1. The van der Waals surface area contributed by atoms with Crippen LogP contribution in [-0.2, 0) is 4.79 Å².